The minimum atomic E-state index is -0.497. The van der Waals surface area contributed by atoms with Crippen molar-refractivity contribution < 1.29 is 14.3 Å². The Hall–Kier alpha value is -1.53. The van der Waals surface area contributed by atoms with Crippen molar-refractivity contribution in [1.82, 2.24) is 10.2 Å². The van der Waals surface area contributed by atoms with Crippen molar-refractivity contribution in [2.75, 3.05) is 32.1 Å². The van der Waals surface area contributed by atoms with Crippen LogP contribution in [-0.4, -0.2) is 54.8 Å². The number of hydrogen-bond donors (Lipinski definition) is 1. The Balaban J connectivity index is 1.67. The molecule has 1 aromatic rings. The summed E-state index contributed by atoms with van der Waals surface area (Å²) >= 11 is 1.78. The molecule has 6 heteroatoms. The number of carbonyl (C=O) groups excluding carboxylic acids is 2. The van der Waals surface area contributed by atoms with E-state index in [0.717, 1.165) is 11.5 Å². The highest BCUT2D eigenvalue weighted by Gasteiger charge is 2.30. The fourth-order valence-electron chi connectivity index (χ4n) is 2.44. The monoisotopic (exact) mass is 336 g/mol. The van der Waals surface area contributed by atoms with Crippen LogP contribution in [-0.2, 0) is 20.1 Å². The first-order chi connectivity index (χ1) is 11.1. The summed E-state index contributed by atoms with van der Waals surface area (Å²) in [6, 6.07) is 7.98. The van der Waals surface area contributed by atoms with Crippen LogP contribution in [0.4, 0.5) is 0 Å². The zero-order valence-corrected chi connectivity index (χ0v) is 14.5. The van der Waals surface area contributed by atoms with Crippen LogP contribution < -0.4 is 5.32 Å². The summed E-state index contributed by atoms with van der Waals surface area (Å²) in [5.41, 5.74) is 2.55. The van der Waals surface area contributed by atoms with Crippen LogP contribution in [0.2, 0.25) is 0 Å². The van der Waals surface area contributed by atoms with Crippen LogP contribution in [0.25, 0.3) is 0 Å². The lowest BCUT2D eigenvalue weighted by atomic mass is 10.2. The molecule has 1 aliphatic heterocycles. The van der Waals surface area contributed by atoms with Crippen molar-refractivity contribution in [2.45, 2.75) is 25.6 Å². The van der Waals surface area contributed by atoms with E-state index in [1.54, 1.807) is 16.7 Å². The van der Waals surface area contributed by atoms with E-state index < -0.39 is 6.04 Å². The number of morpholine rings is 1. The third-order valence-corrected chi connectivity index (χ3v) is 4.80. The number of nitrogens with one attached hydrogen (secondary N) is 1. The number of carbonyl (C=O) groups is 2. The Labute approximate surface area is 141 Å². The summed E-state index contributed by atoms with van der Waals surface area (Å²) in [4.78, 5) is 25.3. The molecule has 0 radical (unpaired) electrons. The summed E-state index contributed by atoms with van der Waals surface area (Å²) < 4.78 is 5.32. The second kappa shape index (κ2) is 8.93. The first-order valence-electron chi connectivity index (χ1n) is 7.84. The molecular weight excluding hydrogens is 312 g/mol. The van der Waals surface area contributed by atoms with Gasteiger partial charge in [0, 0.05) is 31.5 Å². The minimum Gasteiger partial charge on any atom is -0.377 e. The maximum Gasteiger partial charge on any atom is 0.245 e. The zero-order valence-electron chi connectivity index (χ0n) is 13.7. The molecule has 23 heavy (non-hydrogen) atoms. The molecule has 1 saturated heterocycles. The van der Waals surface area contributed by atoms with Gasteiger partial charge in [0.05, 0.1) is 13.2 Å². The lowest BCUT2D eigenvalue weighted by molar-refractivity contribution is -0.146. The number of aryl methyl sites for hydroxylation is 1. The molecule has 2 amide bonds. The van der Waals surface area contributed by atoms with Crippen molar-refractivity contribution >= 4 is 23.6 Å². The SMILES string of the molecule is CC(=O)N1CCOC[C@H]1C(=O)NCCSCc1ccc(C)cc1. The van der Waals surface area contributed by atoms with Gasteiger partial charge in [0.2, 0.25) is 11.8 Å². The molecule has 126 valence electrons. The predicted octanol–water partition coefficient (Wildman–Crippen LogP) is 1.59. The molecule has 2 rings (SSSR count). The molecule has 0 aliphatic carbocycles. The average molecular weight is 336 g/mol. The van der Waals surface area contributed by atoms with Crippen LogP contribution in [0.15, 0.2) is 24.3 Å². The van der Waals surface area contributed by atoms with Crippen molar-refractivity contribution in [3.63, 3.8) is 0 Å². The maximum absolute atomic E-state index is 12.2. The van der Waals surface area contributed by atoms with Gasteiger partial charge < -0.3 is 15.0 Å². The third kappa shape index (κ3) is 5.55. The molecule has 1 heterocycles. The molecule has 0 spiro atoms. The Kier molecular flexibility index (Phi) is 6.92. The van der Waals surface area contributed by atoms with Gasteiger partial charge in [0.15, 0.2) is 0 Å². The third-order valence-electron chi connectivity index (χ3n) is 3.77. The maximum atomic E-state index is 12.2. The van der Waals surface area contributed by atoms with Gasteiger partial charge in [-0.15, -0.1) is 0 Å². The molecule has 0 bridgehead atoms. The van der Waals surface area contributed by atoms with Crippen molar-refractivity contribution in [3.8, 4) is 0 Å². The molecular formula is C17H24N2O3S. The van der Waals surface area contributed by atoms with Crippen molar-refractivity contribution in [3.05, 3.63) is 35.4 Å². The van der Waals surface area contributed by atoms with Gasteiger partial charge >= 0.3 is 0 Å². The van der Waals surface area contributed by atoms with Crippen LogP contribution in [0.5, 0.6) is 0 Å². The zero-order chi connectivity index (χ0) is 16.7. The van der Waals surface area contributed by atoms with E-state index in [4.69, 9.17) is 4.74 Å². The number of hydrogen-bond acceptors (Lipinski definition) is 4. The number of benzene rings is 1. The van der Waals surface area contributed by atoms with Gasteiger partial charge in [-0.3, -0.25) is 9.59 Å². The molecule has 5 nitrogen and oxygen atoms in total. The predicted molar refractivity (Wildman–Crippen MR) is 92.3 cm³/mol. The van der Waals surface area contributed by atoms with Gasteiger partial charge in [-0.2, -0.15) is 11.8 Å². The average Bonchev–Trinajstić information content (AvgIpc) is 2.56. The van der Waals surface area contributed by atoms with E-state index in [1.807, 2.05) is 0 Å². The molecule has 0 saturated carbocycles. The summed E-state index contributed by atoms with van der Waals surface area (Å²) in [7, 11) is 0. The second-order valence-electron chi connectivity index (χ2n) is 5.63. The summed E-state index contributed by atoms with van der Waals surface area (Å²) in [5, 5.41) is 2.90. The van der Waals surface area contributed by atoms with Gasteiger partial charge in [0.25, 0.3) is 0 Å². The Morgan fingerprint density at radius 2 is 2.09 bits per heavy atom. The lowest BCUT2D eigenvalue weighted by Gasteiger charge is -2.33. The van der Waals surface area contributed by atoms with E-state index in [0.29, 0.717) is 19.7 Å². The topological polar surface area (TPSA) is 58.6 Å². The first kappa shape index (κ1) is 17.8. The van der Waals surface area contributed by atoms with Gasteiger partial charge in [0.1, 0.15) is 6.04 Å². The Morgan fingerprint density at radius 3 is 2.78 bits per heavy atom. The standard InChI is InChI=1S/C17H24N2O3S/c1-13-3-5-15(6-4-13)12-23-10-7-18-17(21)16-11-22-9-8-19(16)14(2)20/h3-6,16H,7-12H2,1-2H3,(H,18,21)/t16-/m0/s1. The molecule has 0 unspecified atom stereocenters. The van der Waals surface area contributed by atoms with Crippen molar-refractivity contribution in [2.24, 2.45) is 0 Å². The Bertz CT molecular complexity index is 533. The number of thioether (sulfide) groups is 1. The number of amides is 2. The van der Waals surface area contributed by atoms with Crippen molar-refractivity contribution in [1.29, 1.82) is 0 Å². The molecule has 1 aliphatic rings. The van der Waals surface area contributed by atoms with Crippen LogP contribution in [0.1, 0.15) is 18.1 Å². The lowest BCUT2D eigenvalue weighted by Crippen LogP contribution is -2.55. The first-order valence-corrected chi connectivity index (χ1v) is 8.99. The summed E-state index contributed by atoms with van der Waals surface area (Å²) in [6.07, 6.45) is 0. The van der Waals surface area contributed by atoms with Gasteiger partial charge in [-0.1, -0.05) is 29.8 Å². The minimum absolute atomic E-state index is 0.0813. The molecule has 0 aromatic heterocycles. The largest absolute Gasteiger partial charge is 0.377 e. The highest BCUT2D eigenvalue weighted by atomic mass is 32.2. The number of nitrogens with zero attached hydrogens (tertiary/aromatic N) is 1. The van der Waals surface area contributed by atoms with E-state index in [-0.39, 0.29) is 18.4 Å². The number of ether oxygens (including phenoxy) is 1. The van der Waals surface area contributed by atoms with Crippen LogP contribution in [0.3, 0.4) is 0 Å². The van der Waals surface area contributed by atoms with Gasteiger partial charge in [-0.25, -0.2) is 0 Å². The smallest absolute Gasteiger partial charge is 0.245 e. The molecule has 1 N–H and O–H groups in total. The van der Waals surface area contributed by atoms with E-state index >= 15 is 0 Å². The second-order valence-corrected chi connectivity index (χ2v) is 6.74. The summed E-state index contributed by atoms with van der Waals surface area (Å²) in [5.74, 6) is 1.56. The Morgan fingerprint density at radius 1 is 1.35 bits per heavy atom. The van der Waals surface area contributed by atoms with E-state index in [2.05, 4.69) is 36.5 Å². The normalized spacial score (nSPS) is 17.8. The quantitative estimate of drug-likeness (QED) is 0.802. The van der Waals surface area contributed by atoms with Gasteiger partial charge in [-0.05, 0) is 12.5 Å². The van der Waals surface area contributed by atoms with E-state index in [1.165, 1.54) is 18.1 Å². The fourth-order valence-corrected chi connectivity index (χ4v) is 3.26. The fraction of sp³-hybridized carbons (Fsp3) is 0.529. The van der Waals surface area contributed by atoms with Crippen LogP contribution in [0, 0.1) is 6.92 Å². The highest BCUT2D eigenvalue weighted by molar-refractivity contribution is 7.98. The number of rotatable bonds is 6. The molecule has 1 fully saturated rings. The molecule has 1 aromatic carbocycles. The highest BCUT2D eigenvalue weighted by Crippen LogP contribution is 2.12. The van der Waals surface area contributed by atoms with E-state index in [9.17, 15) is 9.59 Å². The van der Waals surface area contributed by atoms with Crippen LogP contribution >= 0.6 is 11.8 Å². The summed E-state index contributed by atoms with van der Waals surface area (Å²) in [6.45, 7) is 5.42. The molecule has 1 atom stereocenters.